The summed E-state index contributed by atoms with van der Waals surface area (Å²) in [5.41, 5.74) is 29.1. The normalized spacial score (nSPS) is 15.2. The molecule has 0 amide bonds. The number of aromatic amines is 6. The average molecular weight is 1110 g/mol. The molecule has 0 saturated heterocycles. The predicted octanol–water partition coefficient (Wildman–Crippen LogP) is 15.4. The third-order valence-corrected chi connectivity index (χ3v) is 18.2. The molecule has 0 atom stereocenters. The third-order valence-electron chi connectivity index (χ3n) is 18.2. The Morgan fingerprint density at radius 3 is 0.575 bits per heavy atom. The van der Waals surface area contributed by atoms with E-state index in [-0.39, 0.29) is 17.8 Å². The number of nitrogens with one attached hydrogen (secondary N) is 6. The topological polar surface area (TPSA) is 172 Å². The van der Waals surface area contributed by atoms with Crippen molar-refractivity contribution in [1.82, 2.24) is 59.8 Å². The molecule has 0 radical (unpaired) electrons. The molecule has 12 heteroatoms. The highest BCUT2D eigenvalue weighted by Gasteiger charge is 2.31. The first-order valence-corrected chi connectivity index (χ1v) is 28.8. The molecular formula is C75H42N12. The smallest absolute Gasteiger partial charge is 0.120 e. The molecule has 0 spiro atoms. The second-order valence-electron chi connectivity index (χ2n) is 22.9. The van der Waals surface area contributed by atoms with Crippen LogP contribution in [0.15, 0.2) is 182 Å². The van der Waals surface area contributed by atoms with Gasteiger partial charge in [-0.3, -0.25) is 0 Å². The number of aromatic nitrogens is 12. The first kappa shape index (κ1) is 47.2. The molecular weight excluding hydrogens is 1070 g/mol. The fraction of sp³-hybridized carbons (Fsp3) is 0.0400. The van der Waals surface area contributed by atoms with Gasteiger partial charge in [-0.15, -0.1) is 19.3 Å². The van der Waals surface area contributed by atoms with Gasteiger partial charge in [-0.2, -0.15) is 0 Å². The van der Waals surface area contributed by atoms with E-state index in [2.05, 4.69) is 193 Å². The van der Waals surface area contributed by atoms with Gasteiger partial charge < -0.3 is 29.9 Å². The van der Waals surface area contributed by atoms with Crippen molar-refractivity contribution in [2.24, 2.45) is 0 Å². The molecule has 19 rings (SSSR count). The molecule has 12 nitrogen and oxygen atoms in total. The summed E-state index contributed by atoms with van der Waals surface area (Å²) >= 11 is 0. The molecule has 402 valence electrons. The molecule has 12 heterocycles. The summed E-state index contributed by atoms with van der Waals surface area (Å²) in [5, 5.41) is 0. The summed E-state index contributed by atoms with van der Waals surface area (Å²) in [6.45, 7) is 0. The van der Waals surface area contributed by atoms with Crippen LogP contribution in [0.4, 0.5) is 0 Å². The van der Waals surface area contributed by atoms with Crippen LogP contribution >= 0.6 is 0 Å². The van der Waals surface area contributed by atoms with Crippen LogP contribution in [0.3, 0.4) is 0 Å². The van der Waals surface area contributed by atoms with Crippen molar-refractivity contribution in [2.75, 3.05) is 0 Å². The van der Waals surface area contributed by atoms with Crippen LogP contribution < -0.4 is 0 Å². The largest absolute Gasteiger partial charge is 0.358 e. The lowest BCUT2D eigenvalue weighted by Crippen LogP contribution is -2.05. The standard InChI is InChI=1S/C75H42N12/c1-4-37-7-13-40(14-8-37)61-55-31-25-49(76-55)43-19-21-45-51-27-33-57(78-51)62(41-15-9-38(5-2)10-16-41)59-35-29-53(80-59)47-23-24-48-54-30-36-60(81-54)63(42-17-11-39(6-3)12-18-42)58-34-28-52(79-58)46-22-20-44(50-26-32-56(61)77-50)65-67(46)85-73-71(83-65)70-72(84-66(45)64(43)82-70)74-75(73)87-69(48)68(47)86-74/h1-3,7-36,61-63,76-81H. The van der Waals surface area contributed by atoms with Crippen LogP contribution in [-0.2, 0) is 0 Å². The Balaban J connectivity index is 0.991. The number of hydrogen-bond acceptors (Lipinski definition) is 6. The SMILES string of the molecule is C#Cc1ccc(C2c3ccc([nH]3)-c3ccc4c5nc6c(nc35)c3nc5c(ccc7c5nc3c3nc5c(ccc(c5nc63)-c3ccc([nH]3)C(c3ccc(C#C)cc3)c3ccc-4[nH]3)-c3ccc([nH]3)C(c3ccc(C#C)cc3)c3ccc-7[nH]3)-c3ccc2[nH]3)cc1. The molecule has 3 aliphatic rings. The highest BCUT2D eigenvalue weighted by molar-refractivity contribution is 6.23. The van der Waals surface area contributed by atoms with Gasteiger partial charge in [-0.1, -0.05) is 54.2 Å². The van der Waals surface area contributed by atoms with Gasteiger partial charge in [0.15, 0.2) is 0 Å². The molecule has 0 fully saturated rings. The van der Waals surface area contributed by atoms with Gasteiger partial charge in [-0.05, 0) is 162 Å². The highest BCUT2D eigenvalue weighted by Crippen LogP contribution is 2.47. The van der Waals surface area contributed by atoms with E-state index in [4.69, 9.17) is 49.2 Å². The predicted molar refractivity (Wildman–Crippen MR) is 343 cm³/mol. The first-order chi connectivity index (χ1) is 42.9. The molecule has 9 aromatic heterocycles. The minimum atomic E-state index is -0.252. The maximum absolute atomic E-state index is 5.92. The van der Waals surface area contributed by atoms with Crippen molar-refractivity contribution in [2.45, 2.75) is 17.8 Å². The fourth-order valence-electron chi connectivity index (χ4n) is 14.0. The maximum atomic E-state index is 5.92. The van der Waals surface area contributed by atoms with Crippen molar-refractivity contribution < 1.29 is 0 Å². The van der Waals surface area contributed by atoms with Gasteiger partial charge in [-0.25, -0.2) is 29.9 Å². The number of fused-ring (bicyclic) bond motifs is 18. The minimum Gasteiger partial charge on any atom is -0.358 e. The maximum Gasteiger partial charge on any atom is 0.120 e. The monoisotopic (exact) mass is 1110 g/mol. The fourth-order valence-corrected chi connectivity index (χ4v) is 14.0. The summed E-state index contributed by atoms with van der Waals surface area (Å²) in [4.78, 5) is 58.6. The van der Waals surface area contributed by atoms with E-state index >= 15 is 0 Å². The highest BCUT2D eigenvalue weighted by atomic mass is 15.0. The molecule has 0 saturated carbocycles. The Kier molecular flexibility index (Phi) is 9.43. The summed E-state index contributed by atoms with van der Waals surface area (Å²) in [6, 6.07) is 63.4. The molecule has 7 aromatic carbocycles. The van der Waals surface area contributed by atoms with E-state index in [1.54, 1.807) is 0 Å². The summed E-state index contributed by atoms with van der Waals surface area (Å²) in [6.07, 6.45) is 17.8. The summed E-state index contributed by atoms with van der Waals surface area (Å²) in [5.74, 6) is 7.66. The molecule has 87 heavy (non-hydrogen) atoms. The quantitative estimate of drug-likeness (QED) is 0.0584. The van der Waals surface area contributed by atoms with Crippen LogP contribution in [0, 0.1) is 37.0 Å². The van der Waals surface area contributed by atoms with Crippen molar-refractivity contribution in [1.29, 1.82) is 0 Å². The lowest BCUT2D eigenvalue weighted by atomic mass is 9.92. The number of nitrogens with zero attached hydrogens (tertiary/aromatic N) is 6. The van der Waals surface area contributed by atoms with Gasteiger partial charge in [0.05, 0.1) is 50.9 Å². The lowest BCUT2D eigenvalue weighted by Gasteiger charge is -2.17. The molecule has 6 N–H and O–H groups in total. The van der Waals surface area contributed by atoms with Crippen LogP contribution in [-0.4, -0.2) is 59.8 Å². The van der Waals surface area contributed by atoms with Crippen LogP contribution in [0.25, 0.3) is 134 Å². The van der Waals surface area contributed by atoms with Crippen molar-refractivity contribution in [3.63, 3.8) is 0 Å². The van der Waals surface area contributed by atoms with E-state index in [1.807, 2.05) is 36.4 Å². The zero-order valence-corrected chi connectivity index (χ0v) is 46.0. The molecule has 0 unspecified atom stereocenters. The van der Waals surface area contributed by atoms with Crippen LogP contribution in [0.1, 0.15) is 85.3 Å². The Morgan fingerprint density at radius 1 is 0.218 bits per heavy atom. The van der Waals surface area contributed by atoms with E-state index in [1.165, 1.54) is 0 Å². The van der Waals surface area contributed by atoms with Gasteiger partial charge >= 0.3 is 0 Å². The number of terminal acetylenes is 3. The van der Waals surface area contributed by atoms with Gasteiger partial charge in [0.25, 0.3) is 0 Å². The van der Waals surface area contributed by atoms with E-state index in [9.17, 15) is 0 Å². The first-order valence-electron chi connectivity index (χ1n) is 28.8. The van der Waals surface area contributed by atoms with Gasteiger partial charge in [0, 0.05) is 118 Å². The summed E-state index contributed by atoms with van der Waals surface area (Å²) in [7, 11) is 0. The number of benzene rings is 7. The molecule has 24 bridgehead atoms. The van der Waals surface area contributed by atoms with Gasteiger partial charge in [0.1, 0.15) is 33.1 Å². The zero-order chi connectivity index (χ0) is 57.3. The number of hydrogen-bond donors (Lipinski definition) is 6. The van der Waals surface area contributed by atoms with E-state index in [0.717, 1.165) is 135 Å². The molecule has 3 aliphatic heterocycles. The second kappa shape index (κ2) is 17.4. The molecule has 16 aromatic rings. The Hall–Kier alpha value is -12.3. The van der Waals surface area contributed by atoms with Crippen LogP contribution in [0.2, 0.25) is 0 Å². The second-order valence-corrected chi connectivity index (χ2v) is 22.9. The number of rotatable bonds is 3. The van der Waals surface area contributed by atoms with E-state index < -0.39 is 0 Å². The Morgan fingerprint density at radius 2 is 0.402 bits per heavy atom. The van der Waals surface area contributed by atoms with Gasteiger partial charge in [0.2, 0.25) is 0 Å². The summed E-state index contributed by atoms with van der Waals surface area (Å²) < 4.78 is 0. The average Bonchev–Trinajstić information content (AvgIpc) is 1.35. The van der Waals surface area contributed by atoms with Crippen molar-refractivity contribution in [3.05, 3.63) is 250 Å². The van der Waals surface area contributed by atoms with E-state index in [0.29, 0.717) is 66.2 Å². The Bertz CT molecular complexity index is 4950. The zero-order valence-electron chi connectivity index (χ0n) is 46.0. The van der Waals surface area contributed by atoms with Crippen molar-refractivity contribution in [3.8, 4) is 105 Å². The minimum absolute atomic E-state index is 0.252. The van der Waals surface area contributed by atoms with Crippen molar-refractivity contribution >= 4 is 66.2 Å². The molecule has 0 aliphatic carbocycles. The Labute approximate surface area is 495 Å². The third kappa shape index (κ3) is 6.76. The number of H-pyrrole nitrogens is 6. The lowest BCUT2D eigenvalue weighted by molar-refractivity contribution is 0.899. The van der Waals surface area contributed by atoms with Crippen LogP contribution in [0.5, 0.6) is 0 Å².